The molecule has 0 aliphatic carbocycles. The van der Waals surface area contributed by atoms with E-state index in [-0.39, 0.29) is 0 Å². The lowest BCUT2D eigenvalue weighted by atomic mass is 10.5. The fourth-order valence-electron chi connectivity index (χ4n) is 0.656. The van der Waals surface area contributed by atoms with Crippen molar-refractivity contribution in [3.63, 3.8) is 0 Å². The second kappa shape index (κ2) is 4.98. The summed E-state index contributed by atoms with van der Waals surface area (Å²) in [5.74, 6) is 0.695. The predicted molar refractivity (Wildman–Crippen MR) is 60.4 cm³/mol. The Morgan fingerprint density at radius 3 is 3.00 bits per heavy atom. The van der Waals surface area contributed by atoms with Gasteiger partial charge in [0.15, 0.2) is 10.9 Å². The van der Waals surface area contributed by atoms with E-state index < -0.39 is 0 Å². The Kier molecular flexibility index (Phi) is 3.91. The molecule has 6 heteroatoms. The van der Waals surface area contributed by atoms with Crippen LogP contribution >= 0.6 is 28.1 Å². The van der Waals surface area contributed by atoms with Gasteiger partial charge < -0.3 is 5.32 Å². The number of hydrogen-bond donors (Lipinski definition) is 3. The maximum Gasteiger partial charge on any atom is 0.184 e. The van der Waals surface area contributed by atoms with Crippen LogP contribution in [-0.4, -0.2) is 17.1 Å². The Morgan fingerprint density at radius 2 is 2.38 bits per heavy atom. The van der Waals surface area contributed by atoms with Gasteiger partial charge in [0.25, 0.3) is 0 Å². The normalized spacial score (nSPS) is 9.08. The average molecular weight is 261 g/mol. The summed E-state index contributed by atoms with van der Waals surface area (Å²) in [4.78, 5) is 4.08. The van der Waals surface area contributed by atoms with Gasteiger partial charge in [-0.05, 0) is 40.3 Å². The first-order valence-corrected chi connectivity index (χ1v) is 4.78. The molecular weight excluding hydrogens is 252 g/mol. The zero-order chi connectivity index (χ0) is 9.68. The third-order valence-electron chi connectivity index (χ3n) is 1.28. The molecule has 1 aromatic heterocycles. The summed E-state index contributed by atoms with van der Waals surface area (Å²) in [6, 6.07) is 3.73. The molecule has 1 heterocycles. The first kappa shape index (κ1) is 10.2. The van der Waals surface area contributed by atoms with Crippen molar-refractivity contribution in [2.45, 2.75) is 0 Å². The lowest BCUT2D eigenvalue weighted by Crippen LogP contribution is -2.36. The smallest absolute Gasteiger partial charge is 0.184 e. The standard InChI is InChI=1S/C7H9BrN4S/c1-9-7(13)12-11-6-5(8)3-2-4-10-6/h2-4H,1H3,(H,10,11)(H2,9,12,13). The van der Waals surface area contributed by atoms with Crippen molar-refractivity contribution in [3.05, 3.63) is 22.8 Å². The molecule has 0 aliphatic heterocycles. The lowest BCUT2D eigenvalue weighted by molar-refractivity contribution is 1.02. The van der Waals surface area contributed by atoms with Crippen LogP contribution in [0.5, 0.6) is 0 Å². The summed E-state index contributed by atoms with van der Waals surface area (Å²) >= 11 is 8.21. The molecule has 0 unspecified atom stereocenters. The van der Waals surface area contributed by atoms with E-state index in [0.717, 1.165) is 4.47 Å². The fraction of sp³-hybridized carbons (Fsp3) is 0.143. The van der Waals surface area contributed by atoms with Crippen molar-refractivity contribution >= 4 is 39.1 Å². The number of hydrogen-bond acceptors (Lipinski definition) is 3. The number of rotatable bonds is 2. The van der Waals surface area contributed by atoms with E-state index in [2.05, 4.69) is 37.1 Å². The first-order chi connectivity index (χ1) is 6.24. The Balaban J connectivity index is 2.54. The zero-order valence-corrected chi connectivity index (χ0v) is 9.37. The van der Waals surface area contributed by atoms with Gasteiger partial charge in [-0.3, -0.25) is 10.9 Å². The third-order valence-corrected chi connectivity index (χ3v) is 2.23. The quantitative estimate of drug-likeness (QED) is 0.553. The number of nitrogens with one attached hydrogen (secondary N) is 3. The van der Waals surface area contributed by atoms with E-state index in [4.69, 9.17) is 12.2 Å². The van der Waals surface area contributed by atoms with Crippen LogP contribution in [0.3, 0.4) is 0 Å². The van der Waals surface area contributed by atoms with Crippen LogP contribution in [0.4, 0.5) is 5.82 Å². The van der Waals surface area contributed by atoms with Crippen LogP contribution in [-0.2, 0) is 0 Å². The number of pyridine rings is 1. The Bertz CT molecular complexity index is 304. The van der Waals surface area contributed by atoms with E-state index in [1.165, 1.54) is 0 Å². The highest BCUT2D eigenvalue weighted by Gasteiger charge is 1.98. The molecule has 0 aliphatic rings. The number of nitrogens with zero attached hydrogens (tertiary/aromatic N) is 1. The fourth-order valence-corrected chi connectivity index (χ4v) is 1.06. The van der Waals surface area contributed by atoms with Crippen LogP contribution in [0.2, 0.25) is 0 Å². The van der Waals surface area contributed by atoms with Crippen LogP contribution in [0.1, 0.15) is 0 Å². The van der Waals surface area contributed by atoms with Crippen LogP contribution in [0.15, 0.2) is 22.8 Å². The van der Waals surface area contributed by atoms with Crippen molar-refractivity contribution in [2.75, 3.05) is 12.5 Å². The Morgan fingerprint density at radius 1 is 1.62 bits per heavy atom. The summed E-state index contributed by atoms with van der Waals surface area (Å²) in [5.41, 5.74) is 5.62. The summed E-state index contributed by atoms with van der Waals surface area (Å²) in [7, 11) is 1.74. The van der Waals surface area contributed by atoms with E-state index in [1.54, 1.807) is 13.2 Å². The maximum atomic E-state index is 4.87. The molecule has 0 fully saturated rings. The minimum absolute atomic E-state index is 0.512. The van der Waals surface area contributed by atoms with E-state index in [1.807, 2.05) is 12.1 Å². The van der Waals surface area contributed by atoms with E-state index in [0.29, 0.717) is 10.9 Å². The number of thiocarbonyl (C=S) groups is 1. The summed E-state index contributed by atoms with van der Waals surface area (Å²) < 4.78 is 0.876. The highest BCUT2D eigenvalue weighted by molar-refractivity contribution is 9.10. The molecule has 3 N–H and O–H groups in total. The average Bonchev–Trinajstić information content (AvgIpc) is 2.16. The summed E-state index contributed by atoms with van der Waals surface area (Å²) in [5, 5.41) is 3.28. The van der Waals surface area contributed by atoms with Crippen molar-refractivity contribution in [1.82, 2.24) is 15.7 Å². The van der Waals surface area contributed by atoms with Gasteiger partial charge >= 0.3 is 0 Å². The van der Waals surface area contributed by atoms with Crippen molar-refractivity contribution in [1.29, 1.82) is 0 Å². The molecular formula is C7H9BrN4S. The molecule has 70 valence electrons. The number of anilines is 1. The third kappa shape index (κ3) is 3.16. The van der Waals surface area contributed by atoms with Gasteiger partial charge in [0.2, 0.25) is 0 Å². The molecule has 0 saturated heterocycles. The summed E-state index contributed by atoms with van der Waals surface area (Å²) in [6.07, 6.45) is 1.69. The molecule has 13 heavy (non-hydrogen) atoms. The minimum Gasteiger partial charge on any atom is -0.364 e. The molecule has 0 spiro atoms. The van der Waals surface area contributed by atoms with E-state index in [9.17, 15) is 0 Å². The topological polar surface area (TPSA) is 49.0 Å². The SMILES string of the molecule is CNC(=S)NNc1ncccc1Br. The highest BCUT2D eigenvalue weighted by Crippen LogP contribution is 2.16. The Labute approximate surface area is 90.2 Å². The molecule has 1 aromatic rings. The minimum atomic E-state index is 0.512. The molecule has 0 radical (unpaired) electrons. The number of halogens is 1. The molecule has 0 saturated carbocycles. The molecule has 0 amide bonds. The highest BCUT2D eigenvalue weighted by atomic mass is 79.9. The van der Waals surface area contributed by atoms with Gasteiger partial charge in [-0.1, -0.05) is 0 Å². The van der Waals surface area contributed by atoms with Gasteiger partial charge in [-0.2, -0.15) is 0 Å². The first-order valence-electron chi connectivity index (χ1n) is 3.58. The molecule has 4 nitrogen and oxygen atoms in total. The molecule has 0 atom stereocenters. The van der Waals surface area contributed by atoms with Gasteiger partial charge in [0.05, 0.1) is 4.47 Å². The second-order valence-electron chi connectivity index (χ2n) is 2.16. The molecule has 0 bridgehead atoms. The second-order valence-corrected chi connectivity index (χ2v) is 3.43. The lowest BCUT2D eigenvalue weighted by Gasteiger charge is -2.09. The number of hydrazine groups is 1. The number of aromatic nitrogens is 1. The predicted octanol–water partition coefficient (Wildman–Crippen LogP) is 1.26. The van der Waals surface area contributed by atoms with Gasteiger partial charge in [0, 0.05) is 13.2 Å². The molecule has 0 aromatic carbocycles. The van der Waals surface area contributed by atoms with Crippen molar-refractivity contribution in [2.24, 2.45) is 0 Å². The monoisotopic (exact) mass is 260 g/mol. The van der Waals surface area contributed by atoms with Crippen molar-refractivity contribution < 1.29 is 0 Å². The summed E-state index contributed by atoms with van der Waals surface area (Å²) in [6.45, 7) is 0. The van der Waals surface area contributed by atoms with Crippen LogP contribution in [0, 0.1) is 0 Å². The van der Waals surface area contributed by atoms with Crippen molar-refractivity contribution in [3.8, 4) is 0 Å². The maximum absolute atomic E-state index is 4.87. The van der Waals surface area contributed by atoms with E-state index >= 15 is 0 Å². The van der Waals surface area contributed by atoms with Crippen LogP contribution in [0.25, 0.3) is 0 Å². The van der Waals surface area contributed by atoms with Gasteiger partial charge in [-0.25, -0.2) is 4.98 Å². The van der Waals surface area contributed by atoms with Crippen LogP contribution < -0.4 is 16.2 Å². The molecule has 1 rings (SSSR count). The largest absolute Gasteiger partial charge is 0.364 e. The van der Waals surface area contributed by atoms with Gasteiger partial charge in [0.1, 0.15) is 0 Å². The van der Waals surface area contributed by atoms with Gasteiger partial charge in [-0.15, -0.1) is 0 Å². The zero-order valence-electron chi connectivity index (χ0n) is 6.97. The Hall–Kier alpha value is -0.880.